The van der Waals surface area contributed by atoms with E-state index in [0.29, 0.717) is 6.04 Å². The maximum absolute atomic E-state index is 5.16. The third kappa shape index (κ3) is 3.56. The van der Waals surface area contributed by atoms with Crippen molar-refractivity contribution in [1.29, 1.82) is 0 Å². The number of nitrogens with one attached hydrogen (secondary N) is 1. The summed E-state index contributed by atoms with van der Waals surface area (Å²) in [6.07, 6.45) is 7.67. The zero-order valence-electron chi connectivity index (χ0n) is 11.6. The molecule has 1 unspecified atom stereocenters. The molecule has 1 N–H and O–H groups in total. The second-order valence-corrected chi connectivity index (χ2v) is 6.22. The summed E-state index contributed by atoms with van der Waals surface area (Å²) >= 11 is 2.04. The van der Waals surface area contributed by atoms with E-state index in [1.54, 1.807) is 22.4 Å². The van der Waals surface area contributed by atoms with Gasteiger partial charge in [0.15, 0.2) is 0 Å². The summed E-state index contributed by atoms with van der Waals surface area (Å²) in [5, 5.41) is 3.62. The molecule has 0 fully saturated rings. The Bertz CT molecular complexity index is 338. The summed E-state index contributed by atoms with van der Waals surface area (Å²) in [5.74, 6) is 0. The van der Waals surface area contributed by atoms with Crippen molar-refractivity contribution in [3.8, 4) is 0 Å². The Balaban J connectivity index is 2.02. The number of rotatable bonds is 7. The molecule has 2 nitrogen and oxygen atoms in total. The molecule has 1 atom stereocenters. The van der Waals surface area contributed by atoms with Crippen LogP contribution in [0.25, 0.3) is 0 Å². The monoisotopic (exact) mass is 267 g/mol. The lowest BCUT2D eigenvalue weighted by Crippen LogP contribution is -2.20. The normalized spacial score (nSPS) is 16.6. The van der Waals surface area contributed by atoms with Crippen molar-refractivity contribution in [1.82, 2.24) is 5.32 Å². The van der Waals surface area contributed by atoms with E-state index < -0.39 is 0 Å². The van der Waals surface area contributed by atoms with E-state index in [2.05, 4.69) is 18.3 Å². The Morgan fingerprint density at radius 2 is 2.22 bits per heavy atom. The van der Waals surface area contributed by atoms with Gasteiger partial charge in [0.25, 0.3) is 0 Å². The number of aryl methyl sites for hydroxylation is 2. The number of fused-ring (bicyclic) bond motifs is 1. The SMILES string of the molecule is CCNC(CCCOC)c1cc2c(s1)CCCC2. The van der Waals surface area contributed by atoms with Crippen LogP contribution < -0.4 is 5.32 Å². The van der Waals surface area contributed by atoms with E-state index in [1.165, 1.54) is 32.1 Å². The Morgan fingerprint density at radius 3 is 2.94 bits per heavy atom. The lowest BCUT2D eigenvalue weighted by atomic mass is 9.98. The zero-order chi connectivity index (χ0) is 12.8. The van der Waals surface area contributed by atoms with Gasteiger partial charge in [-0.25, -0.2) is 0 Å². The maximum atomic E-state index is 5.16. The minimum Gasteiger partial charge on any atom is -0.385 e. The molecule has 0 saturated carbocycles. The van der Waals surface area contributed by atoms with Crippen LogP contribution in [-0.4, -0.2) is 20.3 Å². The molecule has 0 aliphatic heterocycles. The summed E-state index contributed by atoms with van der Waals surface area (Å²) in [7, 11) is 1.78. The molecule has 0 amide bonds. The predicted octanol–water partition coefficient (Wildman–Crippen LogP) is 3.70. The molecule has 2 rings (SSSR count). The van der Waals surface area contributed by atoms with Crippen LogP contribution in [0.2, 0.25) is 0 Å². The maximum Gasteiger partial charge on any atom is 0.0462 e. The van der Waals surface area contributed by atoms with Crippen molar-refractivity contribution in [3.05, 3.63) is 21.4 Å². The number of hydrogen-bond acceptors (Lipinski definition) is 3. The van der Waals surface area contributed by atoms with E-state index in [9.17, 15) is 0 Å². The Kier molecular flexibility index (Phi) is 5.67. The van der Waals surface area contributed by atoms with Gasteiger partial charge in [0.05, 0.1) is 0 Å². The second-order valence-electron chi connectivity index (χ2n) is 5.05. The van der Waals surface area contributed by atoms with Crippen molar-refractivity contribution < 1.29 is 4.74 Å². The predicted molar refractivity (Wildman–Crippen MR) is 78.5 cm³/mol. The van der Waals surface area contributed by atoms with Crippen LogP contribution >= 0.6 is 11.3 Å². The van der Waals surface area contributed by atoms with Crippen LogP contribution in [0.3, 0.4) is 0 Å². The van der Waals surface area contributed by atoms with Crippen LogP contribution in [0, 0.1) is 0 Å². The van der Waals surface area contributed by atoms with Gasteiger partial charge in [-0.3, -0.25) is 0 Å². The summed E-state index contributed by atoms with van der Waals surface area (Å²) in [4.78, 5) is 3.19. The van der Waals surface area contributed by atoms with Gasteiger partial charge < -0.3 is 10.1 Å². The zero-order valence-corrected chi connectivity index (χ0v) is 12.4. The van der Waals surface area contributed by atoms with Gasteiger partial charge in [-0.1, -0.05) is 6.92 Å². The molecule has 3 heteroatoms. The fourth-order valence-corrected chi connectivity index (χ4v) is 4.08. The largest absolute Gasteiger partial charge is 0.385 e. The van der Waals surface area contributed by atoms with Gasteiger partial charge in [-0.05, 0) is 56.7 Å². The van der Waals surface area contributed by atoms with Gasteiger partial charge in [-0.15, -0.1) is 11.3 Å². The Labute approximate surface area is 115 Å². The number of thiophene rings is 1. The Hall–Kier alpha value is -0.380. The molecule has 1 heterocycles. The third-order valence-electron chi connectivity index (χ3n) is 3.65. The highest BCUT2D eigenvalue weighted by molar-refractivity contribution is 7.12. The van der Waals surface area contributed by atoms with Crippen molar-refractivity contribution in [2.75, 3.05) is 20.3 Å². The molecule has 102 valence electrons. The first-order valence-electron chi connectivity index (χ1n) is 7.19. The van der Waals surface area contributed by atoms with Crippen LogP contribution in [0.4, 0.5) is 0 Å². The van der Waals surface area contributed by atoms with Crippen molar-refractivity contribution in [2.45, 2.75) is 51.5 Å². The van der Waals surface area contributed by atoms with Gasteiger partial charge in [-0.2, -0.15) is 0 Å². The molecular formula is C15H25NOS. The molecular weight excluding hydrogens is 242 g/mol. The standard InChI is InChI=1S/C15H25NOS/c1-3-16-13(8-6-10-17-2)15-11-12-7-4-5-9-14(12)18-15/h11,13,16H,3-10H2,1-2H3. The van der Waals surface area contributed by atoms with Crippen molar-refractivity contribution >= 4 is 11.3 Å². The van der Waals surface area contributed by atoms with Crippen LogP contribution in [0.5, 0.6) is 0 Å². The summed E-state index contributed by atoms with van der Waals surface area (Å²) in [5.41, 5.74) is 1.62. The number of methoxy groups -OCH3 is 1. The molecule has 0 radical (unpaired) electrons. The van der Waals surface area contributed by atoms with E-state index in [4.69, 9.17) is 4.74 Å². The van der Waals surface area contributed by atoms with E-state index in [1.807, 2.05) is 11.3 Å². The summed E-state index contributed by atoms with van der Waals surface area (Å²) < 4.78 is 5.16. The summed E-state index contributed by atoms with van der Waals surface area (Å²) in [6.45, 7) is 4.10. The fraction of sp³-hybridized carbons (Fsp3) is 0.733. The quantitative estimate of drug-likeness (QED) is 0.761. The van der Waals surface area contributed by atoms with Gasteiger partial charge in [0.1, 0.15) is 0 Å². The molecule has 1 aromatic rings. The first-order chi connectivity index (χ1) is 8.85. The lowest BCUT2D eigenvalue weighted by molar-refractivity contribution is 0.189. The van der Waals surface area contributed by atoms with E-state index >= 15 is 0 Å². The lowest BCUT2D eigenvalue weighted by Gasteiger charge is -2.16. The van der Waals surface area contributed by atoms with E-state index in [-0.39, 0.29) is 0 Å². The summed E-state index contributed by atoms with van der Waals surface area (Å²) in [6, 6.07) is 2.99. The first-order valence-corrected chi connectivity index (χ1v) is 8.00. The molecule has 0 aromatic carbocycles. The minimum atomic E-state index is 0.528. The molecule has 18 heavy (non-hydrogen) atoms. The average molecular weight is 267 g/mol. The van der Waals surface area contributed by atoms with Crippen molar-refractivity contribution in [2.24, 2.45) is 0 Å². The molecule has 1 aliphatic carbocycles. The highest BCUT2D eigenvalue weighted by Gasteiger charge is 2.18. The minimum absolute atomic E-state index is 0.528. The third-order valence-corrected chi connectivity index (χ3v) is 5.00. The van der Waals surface area contributed by atoms with Gasteiger partial charge in [0.2, 0.25) is 0 Å². The molecule has 0 saturated heterocycles. The highest BCUT2D eigenvalue weighted by atomic mass is 32.1. The van der Waals surface area contributed by atoms with Gasteiger partial charge in [0, 0.05) is 29.5 Å². The average Bonchev–Trinajstić information content (AvgIpc) is 2.81. The van der Waals surface area contributed by atoms with Gasteiger partial charge >= 0.3 is 0 Å². The fourth-order valence-electron chi connectivity index (χ4n) is 2.71. The molecule has 0 bridgehead atoms. The number of hydrogen-bond donors (Lipinski definition) is 1. The van der Waals surface area contributed by atoms with Crippen LogP contribution in [-0.2, 0) is 17.6 Å². The topological polar surface area (TPSA) is 21.3 Å². The highest BCUT2D eigenvalue weighted by Crippen LogP contribution is 2.34. The van der Waals surface area contributed by atoms with Crippen molar-refractivity contribution in [3.63, 3.8) is 0 Å². The van der Waals surface area contributed by atoms with Crippen LogP contribution in [0.1, 0.15) is 54.0 Å². The number of ether oxygens (including phenoxy) is 1. The first kappa shape index (κ1) is 14.0. The smallest absolute Gasteiger partial charge is 0.0462 e. The van der Waals surface area contributed by atoms with Crippen LogP contribution in [0.15, 0.2) is 6.07 Å². The van der Waals surface area contributed by atoms with E-state index in [0.717, 1.165) is 19.6 Å². The molecule has 1 aliphatic rings. The Morgan fingerprint density at radius 1 is 1.39 bits per heavy atom. The second kappa shape index (κ2) is 7.27. The molecule has 0 spiro atoms. The molecule has 1 aromatic heterocycles.